The zero-order valence-electron chi connectivity index (χ0n) is 11.5. The summed E-state index contributed by atoms with van der Waals surface area (Å²) in [6.07, 6.45) is 0. The fraction of sp³-hybridized carbons (Fsp3) is 0.200. The molecule has 2 aromatic rings. The van der Waals surface area contributed by atoms with Crippen molar-refractivity contribution in [1.82, 2.24) is 4.98 Å². The van der Waals surface area contributed by atoms with Crippen molar-refractivity contribution in [3.05, 3.63) is 57.5 Å². The van der Waals surface area contributed by atoms with Crippen molar-refractivity contribution in [1.29, 1.82) is 0 Å². The van der Waals surface area contributed by atoms with Crippen LogP contribution in [-0.2, 0) is 5.75 Å². The zero-order valence-corrected chi connectivity index (χ0v) is 13.1. The first-order valence-electron chi connectivity index (χ1n) is 6.16. The maximum atomic E-state index is 13.7. The largest absolute Gasteiger partial charge is 0.478 e. The molecular formula is C15H13ClFNO2S. The smallest absolute Gasteiger partial charge is 0.338 e. The Balaban J connectivity index is 2.31. The Hall–Kier alpha value is -1.59. The number of carbonyl (C=O) groups is 1. The molecule has 1 N–H and O–H groups in total. The Morgan fingerprint density at radius 3 is 2.76 bits per heavy atom. The molecule has 0 saturated carbocycles. The molecule has 0 aliphatic rings. The molecule has 2 rings (SSSR count). The summed E-state index contributed by atoms with van der Waals surface area (Å²) in [6.45, 7) is 3.52. The van der Waals surface area contributed by atoms with Gasteiger partial charge in [-0.05, 0) is 49.2 Å². The maximum absolute atomic E-state index is 13.7. The van der Waals surface area contributed by atoms with E-state index in [9.17, 15) is 14.3 Å². The number of carboxylic acid groups (broad SMARTS) is 1. The lowest BCUT2D eigenvalue weighted by Gasteiger charge is -2.10. The Morgan fingerprint density at radius 2 is 2.10 bits per heavy atom. The van der Waals surface area contributed by atoms with Crippen LogP contribution in [0.1, 0.15) is 27.2 Å². The molecule has 0 unspecified atom stereocenters. The maximum Gasteiger partial charge on any atom is 0.338 e. The van der Waals surface area contributed by atoms with Crippen LogP contribution in [0.2, 0.25) is 5.02 Å². The van der Waals surface area contributed by atoms with Gasteiger partial charge in [-0.15, -0.1) is 11.8 Å². The van der Waals surface area contributed by atoms with Crippen molar-refractivity contribution < 1.29 is 14.3 Å². The fourth-order valence-electron chi connectivity index (χ4n) is 1.97. The molecule has 0 fully saturated rings. The van der Waals surface area contributed by atoms with Crippen LogP contribution in [-0.4, -0.2) is 16.1 Å². The average molecular weight is 326 g/mol. The second-order valence-electron chi connectivity index (χ2n) is 4.59. The molecule has 1 aromatic carbocycles. The summed E-state index contributed by atoms with van der Waals surface area (Å²) in [7, 11) is 0. The number of halogens is 2. The number of aromatic carboxylic acids is 1. The van der Waals surface area contributed by atoms with Gasteiger partial charge in [-0.25, -0.2) is 14.2 Å². The molecule has 0 atom stereocenters. The summed E-state index contributed by atoms with van der Waals surface area (Å²) < 4.78 is 13.7. The van der Waals surface area contributed by atoms with Crippen molar-refractivity contribution in [3.8, 4) is 0 Å². The molecule has 0 aliphatic carbocycles. The van der Waals surface area contributed by atoms with E-state index in [1.54, 1.807) is 19.9 Å². The van der Waals surface area contributed by atoms with E-state index in [1.807, 2.05) is 0 Å². The third-order valence-corrected chi connectivity index (χ3v) is 4.16. The lowest BCUT2D eigenvalue weighted by molar-refractivity contribution is 0.0691. The molecule has 3 nitrogen and oxygen atoms in total. The Morgan fingerprint density at radius 1 is 1.38 bits per heavy atom. The van der Waals surface area contributed by atoms with Gasteiger partial charge in [0, 0.05) is 16.5 Å². The van der Waals surface area contributed by atoms with Gasteiger partial charge < -0.3 is 5.11 Å². The topological polar surface area (TPSA) is 50.2 Å². The fourth-order valence-corrected chi connectivity index (χ4v) is 3.28. The van der Waals surface area contributed by atoms with Crippen LogP contribution in [0.5, 0.6) is 0 Å². The lowest BCUT2D eigenvalue weighted by Crippen LogP contribution is -2.05. The summed E-state index contributed by atoms with van der Waals surface area (Å²) in [4.78, 5) is 15.6. The highest BCUT2D eigenvalue weighted by Gasteiger charge is 2.16. The lowest BCUT2D eigenvalue weighted by atomic mass is 10.1. The number of carboxylic acids is 1. The van der Waals surface area contributed by atoms with E-state index in [4.69, 9.17) is 11.6 Å². The second kappa shape index (κ2) is 6.45. The molecule has 1 aromatic heterocycles. The van der Waals surface area contributed by atoms with Crippen molar-refractivity contribution in [2.24, 2.45) is 0 Å². The number of thioether (sulfide) groups is 1. The molecule has 6 heteroatoms. The average Bonchev–Trinajstić information content (AvgIpc) is 2.38. The second-order valence-corrected chi connectivity index (χ2v) is 5.99. The van der Waals surface area contributed by atoms with Crippen LogP contribution in [0.15, 0.2) is 29.3 Å². The number of hydrogen-bond donors (Lipinski definition) is 1. The number of pyridine rings is 1. The van der Waals surface area contributed by atoms with Crippen molar-refractivity contribution in [2.45, 2.75) is 24.6 Å². The van der Waals surface area contributed by atoms with E-state index in [1.165, 1.54) is 30.0 Å². The minimum atomic E-state index is -1.03. The summed E-state index contributed by atoms with van der Waals surface area (Å²) in [6, 6.07) is 6.02. The van der Waals surface area contributed by atoms with Gasteiger partial charge in [0.2, 0.25) is 0 Å². The molecule has 0 bridgehead atoms. The SMILES string of the molecule is Cc1cc(C)c(C(=O)O)c(SCc2cc(Cl)ccc2F)n1. The van der Waals surface area contributed by atoms with Gasteiger partial charge in [0.05, 0.1) is 5.56 Å². The predicted octanol–water partition coefficient (Wildman–Crippen LogP) is 4.48. The molecule has 0 saturated heterocycles. The van der Waals surface area contributed by atoms with E-state index in [-0.39, 0.29) is 17.1 Å². The number of benzene rings is 1. The van der Waals surface area contributed by atoms with Gasteiger partial charge in [-0.2, -0.15) is 0 Å². The molecule has 1 heterocycles. The molecule has 21 heavy (non-hydrogen) atoms. The van der Waals surface area contributed by atoms with E-state index in [2.05, 4.69) is 4.98 Å². The highest BCUT2D eigenvalue weighted by molar-refractivity contribution is 7.98. The van der Waals surface area contributed by atoms with E-state index in [0.29, 0.717) is 21.2 Å². The normalized spacial score (nSPS) is 10.7. The van der Waals surface area contributed by atoms with Crippen molar-refractivity contribution in [3.63, 3.8) is 0 Å². The van der Waals surface area contributed by atoms with E-state index < -0.39 is 5.97 Å². The first-order chi connectivity index (χ1) is 9.88. The van der Waals surface area contributed by atoms with Crippen LogP contribution in [0.4, 0.5) is 4.39 Å². The molecule has 0 radical (unpaired) electrons. The van der Waals surface area contributed by atoms with Gasteiger partial charge in [-0.1, -0.05) is 11.6 Å². The third kappa shape index (κ3) is 3.74. The molecule has 0 aliphatic heterocycles. The van der Waals surface area contributed by atoms with Gasteiger partial charge in [0.15, 0.2) is 0 Å². The van der Waals surface area contributed by atoms with Crippen LogP contribution < -0.4 is 0 Å². The van der Waals surface area contributed by atoms with Crippen molar-refractivity contribution >= 4 is 29.3 Å². The highest BCUT2D eigenvalue weighted by Crippen LogP contribution is 2.29. The molecule has 0 amide bonds. The Labute approximate surface area is 131 Å². The monoisotopic (exact) mass is 325 g/mol. The minimum Gasteiger partial charge on any atom is -0.478 e. The van der Waals surface area contributed by atoms with Crippen LogP contribution >= 0.6 is 23.4 Å². The molecule has 110 valence electrons. The number of nitrogens with zero attached hydrogens (tertiary/aromatic N) is 1. The number of aromatic nitrogens is 1. The van der Waals surface area contributed by atoms with Gasteiger partial charge in [0.25, 0.3) is 0 Å². The van der Waals surface area contributed by atoms with E-state index >= 15 is 0 Å². The first kappa shape index (κ1) is 15.8. The Kier molecular flexibility index (Phi) is 4.85. The minimum absolute atomic E-state index is 0.160. The molecular weight excluding hydrogens is 313 g/mol. The van der Waals surface area contributed by atoms with Gasteiger partial charge >= 0.3 is 5.97 Å². The number of rotatable bonds is 4. The quantitative estimate of drug-likeness (QED) is 0.842. The van der Waals surface area contributed by atoms with Crippen LogP contribution in [0.25, 0.3) is 0 Å². The summed E-state index contributed by atoms with van der Waals surface area (Å²) in [5, 5.41) is 10.1. The summed E-state index contributed by atoms with van der Waals surface area (Å²) in [5.41, 5.74) is 1.95. The van der Waals surface area contributed by atoms with E-state index in [0.717, 1.165) is 5.69 Å². The predicted molar refractivity (Wildman–Crippen MR) is 81.6 cm³/mol. The molecule has 0 spiro atoms. The zero-order chi connectivity index (χ0) is 15.6. The van der Waals surface area contributed by atoms with Crippen molar-refractivity contribution in [2.75, 3.05) is 0 Å². The highest BCUT2D eigenvalue weighted by atomic mass is 35.5. The Bertz CT molecular complexity index is 706. The first-order valence-corrected chi connectivity index (χ1v) is 7.53. The van der Waals surface area contributed by atoms with Gasteiger partial charge in [-0.3, -0.25) is 0 Å². The van der Waals surface area contributed by atoms with Gasteiger partial charge in [0.1, 0.15) is 10.8 Å². The standard InChI is InChI=1S/C15H13ClFNO2S/c1-8-5-9(2)18-14(13(8)15(19)20)21-7-10-6-11(16)3-4-12(10)17/h3-6H,7H2,1-2H3,(H,19,20). The summed E-state index contributed by atoms with van der Waals surface area (Å²) in [5.74, 6) is -1.13. The summed E-state index contributed by atoms with van der Waals surface area (Å²) >= 11 is 7.03. The third-order valence-electron chi connectivity index (χ3n) is 2.90. The van der Waals surface area contributed by atoms with Crippen LogP contribution in [0, 0.1) is 19.7 Å². The van der Waals surface area contributed by atoms with Crippen LogP contribution in [0.3, 0.4) is 0 Å². The number of aryl methyl sites for hydroxylation is 2. The number of hydrogen-bond acceptors (Lipinski definition) is 3.